The molecule has 0 spiro atoms. The van der Waals surface area contributed by atoms with Crippen molar-refractivity contribution >= 4 is 0 Å². The minimum Gasteiger partial charge on any atom is -0.314 e. The maximum atomic E-state index is 3.65. The minimum atomic E-state index is 0.850. The van der Waals surface area contributed by atoms with E-state index in [0.29, 0.717) is 0 Å². The van der Waals surface area contributed by atoms with Crippen LogP contribution in [0.5, 0.6) is 0 Å². The molecule has 2 fully saturated rings. The van der Waals surface area contributed by atoms with E-state index in [2.05, 4.69) is 12.2 Å². The summed E-state index contributed by atoms with van der Waals surface area (Å²) in [5.41, 5.74) is 0. The first-order valence-corrected chi connectivity index (χ1v) is 6.11. The third-order valence-corrected chi connectivity index (χ3v) is 4.13. The zero-order valence-electron chi connectivity index (χ0n) is 8.89. The second kappa shape index (κ2) is 4.45. The van der Waals surface area contributed by atoms with Crippen LogP contribution in [0.2, 0.25) is 0 Å². The molecular formula is C12H23N. The molecule has 0 amide bonds. The van der Waals surface area contributed by atoms with Crippen molar-refractivity contribution in [3.05, 3.63) is 0 Å². The van der Waals surface area contributed by atoms with Gasteiger partial charge in [0.1, 0.15) is 0 Å². The van der Waals surface area contributed by atoms with E-state index < -0.39 is 0 Å². The van der Waals surface area contributed by atoms with Crippen molar-refractivity contribution < 1.29 is 0 Å². The van der Waals surface area contributed by atoms with E-state index in [4.69, 9.17) is 0 Å². The highest BCUT2D eigenvalue weighted by atomic mass is 14.9. The van der Waals surface area contributed by atoms with E-state index in [-0.39, 0.29) is 0 Å². The molecular weight excluding hydrogens is 158 g/mol. The predicted octanol–water partition coefficient (Wildman–Crippen LogP) is 2.95. The highest BCUT2D eigenvalue weighted by molar-refractivity contribution is 4.84. The van der Waals surface area contributed by atoms with Crippen molar-refractivity contribution in [2.45, 2.75) is 57.9 Å². The predicted molar refractivity (Wildman–Crippen MR) is 56.8 cm³/mol. The van der Waals surface area contributed by atoms with Gasteiger partial charge in [-0.25, -0.2) is 0 Å². The van der Waals surface area contributed by atoms with Crippen molar-refractivity contribution in [3.63, 3.8) is 0 Å². The van der Waals surface area contributed by atoms with Gasteiger partial charge in [0, 0.05) is 6.04 Å². The van der Waals surface area contributed by atoms with Gasteiger partial charge in [-0.2, -0.15) is 0 Å². The molecule has 2 aliphatic rings. The first-order valence-electron chi connectivity index (χ1n) is 6.11. The average molecular weight is 181 g/mol. The summed E-state index contributed by atoms with van der Waals surface area (Å²) in [6, 6.07) is 0.850. The Morgan fingerprint density at radius 3 is 2.38 bits per heavy atom. The third kappa shape index (κ3) is 2.25. The second-order valence-electron chi connectivity index (χ2n) is 4.96. The lowest BCUT2D eigenvalue weighted by Crippen LogP contribution is -2.34. The lowest BCUT2D eigenvalue weighted by Gasteiger charge is -2.31. The van der Waals surface area contributed by atoms with E-state index >= 15 is 0 Å². The van der Waals surface area contributed by atoms with E-state index in [1.54, 1.807) is 0 Å². The molecule has 2 atom stereocenters. The third-order valence-electron chi connectivity index (χ3n) is 4.13. The molecule has 13 heavy (non-hydrogen) atoms. The van der Waals surface area contributed by atoms with Crippen LogP contribution in [0, 0.1) is 11.8 Å². The molecule has 1 heterocycles. The summed E-state index contributed by atoms with van der Waals surface area (Å²) < 4.78 is 0. The summed E-state index contributed by atoms with van der Waals surface area (Å²) in [6.07, 6.45) is 10.3. The number of nitrogens with one attached hydrogen (secondary N) is 1. The molecule has 2 unspecified atom stereocenters. The Hall–Kier alpha value is -0.0400. The Morgan fingerprint density at radius 2 is 1.77 bits per heavy atom. The maximum absolute atomic E-state index is 3.65. The van der Waals surface area contributed by atoms with Gasteiger partial charge in [-0.1, -0.05) is 39.0 Å². The molecule has 1 aliphatic heterocycles. The Bertz CT molecular complexity index is 143. The van der Waals surface area contributed by atoms with Gasteiger partial charge in [-0.15, -0.1) is 0 Å². The van der Waals surface area contributed by atoms with Crippen molar-refractivity contribution in [2.24, 2.45) is 11.8 Å². The molecule has 76 valence electrons. The van der Waals surface area contributed by atoms with E-state index in [0.717, 1.165) is 17.9 Å². The van der Waals surface area contributed by atoms with Crippen molar-refractivity contribution in [1.82, 2.24) is 5.32 Å². The van der Waals surface area contributed by atoms with E-state index in [9.17, 15) is 0 Å². The van der Waals surface area contributed by atoms with Crippen molar-refractivity contribution in [1.29, 1.82) is 0 Å². The molecule has 1 N–H and O–H groups in total. The van der Waals surface area contributed by atoms with E-state index in [1.165, 1.54) is 51.5 Å². The van der Waals surface area contributed by atoms with Crippen molar-refractivity contribution in [2.75, 3.05) is 6.54 Å². The molecule has 0 aromatic rings. The fourth-order valence-corrected chi connectivity index (χ4v) is 3.15. The fourth-order valence-electron chi connectivity index (χ4n) is 3.15. The molecule has 1 nitrogen and oxygen atoms in total. The molecule has 0 radical (unpaired) electrons. The zero-order valence-corrected chi connectivity index (χ0v) is 8.89. The van der Waals surface area contributed by atoms with Crippen LogP contribution in [0.15, 0.2) is 0 Å². The Kier molecular flexibility index (Phi) is 3.26. The molecule has 1 saturated heterocycles. The van der Waals surface area contributed by atoms with Gasteiger partial charge < -0.3 is 5.32 Å². The average Bonchev–Trinajstić information content (AvgIpc) is 2.71. The Labute approximate surface area is 82.3 Å². The molecule has 1 saturated carbocycles. The summed E-state index contributed by atoms with van der Waals surface area (Å²) in [5.74, 6) is 1.96. The summed E-state index contributed by atoms with van der Waals surface area (Å²) in [5, 5.41) is 3.65. The van der Waals surface area contributed by atoms with Crippen LogP contribution in [0.25, 0.3) is 0 Å². The maximum Gasteiger partial charge on any atom is 0.00958 e. The van der Waals surface area contributed by atoms with Gasteiger partial charge in [-0.05, 0) is 31.2 Å². The lowest BCUT2D eigenvalue weighted by molar-refractivity contribution is 0.221. The van der Waals surface area contributed by atoms with Crippen LogP contribution in [-0.2, 0) is 0 Å². The molecule has 1 heteroatoms. The summed E-state index contributed by atoms with van der Waals surface area (Å²) in [4.78, 5) is 0. The van der Waals surface area contributed by atoms with E-state index in [1.807, 2.05) is 0 Å². The Balaban J connectivity index is 1.83. The first kappa shape index (κ1) is 9.51. The van der Waals surface area contributed by atoms with Crippen LogP contribution in [0.3, 0.4) is 0 Å². The second-order valence-corrected chi connectivity index (χ2v) is 4.96. The van der Waals surface area contributed by atoms with Crippen LogP contribution in [0.4, 0.5) is 0 Å². The quantitative estimate of drug-likeness (QED) is 0.690. The topological polar surface area (TPSA) is 12.0 Å². The highest BCUT2D eigenvalue weighted by Gasteiger charge is 2.28. The van der Waals surface area contributed by atoms with Crippen molar-refractivity contribution in [3.8, 4) is 0 Å². The zero-order chi connectivity index (χ0) is 9.10. The number of rotatable bonds is 2. The standard InChI is InChI=1S/C12H23N/c1-10(12-8-5-9-13-12)11-6-3-2-4-7-11/h10-13H,2-9H2,1H3. The lowest BCUT2D eigenvalue weighted by atomic mass is 9.77. The number of hydrogen-bond acceptors (Lipinski definition) is 1. The van der Waals surface area contributed by atoms with Gasteiger partial charge in [-0.3, -0.25) is 0 Å². The minimum absolute atomic E-state index is 0.850. The summed E-state index contributed by atoms with van der Waals surface area (Å²) in [7, 11) is 0. The molecule has 1 aliphatic carbocycles. The van der Waals surface area contributed by atoms with Crippen LogP contribution in [0.1, 0.15) is 51.9 Å². The molecule has 0 aromatic heterocycles. The molecule has 2 rings (SSSR count). The van der Waals surface area contributed by atoms with Gasteiger partial charge in [0.25, 0.3) is 0 Å². The Morgan fingerprint density at radius 1 is 1.00 bits per heavy atom. The largest absolute Gasteiger partial charge is 0.314 e. The molecule has 0 aromatic carbocycles. The number of hydrogen-bond donors (Lipinski definition) is 1. The smallest absolute Gasteiger partial charge is 0.00958 e. The van der Waals surface area contributed by atoms with Gasteiger partial charge in [0.05, 0.1) is 0 Å². The SMILES string of the molecule is CC(C1CCCCC1)C1CCCN1. The highest BCUT2D eigenvalue weighted by Crippen LogP contribution is 2.33. The van der Waals surface area contributed by atoms with Crippen LogP contribution >= 0.6 is 0 Å². The first-order chi connectivity index (χ1) is 6.38. The van der Waals surface area contributed by atoms with Gasteiger partial charge in [0.15, 0.2) is 0 Å². The van der Waals surface area contributed by atoms with Crippen LogP contribution < -0.4 is 5.32 Å². The summed E-state index contributed by atoms with van der Waals surface area (Å²) >= 11 is 0. The van der Waals surface area contributed by atoms with Crippen LogP contribution in [-0.4, -0.2) is 12.6 Å². The summed E-state index contributed by atoms with van der Waals surface area (Å²) in [6.45, 7) is 3.74. The normalized spacial score (nSPS) is 33.5. The monoisotopic (exact) mass is 181 g/mol. The van der Waals surface area contributed by atoms with Gasteiger partial charge in [0.2, 0.25) is 0 Å². The van der Waals surface area contributed by atoms with Gasteiger partial charge >= 0.3 is 0 Å². The molecule has 0 bridgehead atoms. The fraction of sp³-hybridized carbons (Fsp3) is 1.00.